The summed E-state index contributed by atoms with van der Waals surface area (Å²) in [5.41, 5.74) is 0.891. The molecule has 0 saturated carbocycles. The van der Waals surface area contributed by atoms with Crippen LogP contribution in [0.2, 0.25) is 0 Å². The summed E-state index contributed by atoms with van der Waals surface area (Å²) in [5, 5.41) is 0. The van der Waals surface area contributed by atoms with Gasteiger partial charge in [0.2, 0.25) is 5.91 Å². The maximum atomic E-state index is 12.7. The molecule has 0 bridgehead atoms. The molecule has 1 aromatic rings. The van der Waals surface area contributed by atoms with E-state index in [0.717, 1.165) is 11.3 Å². The van der Waals surface area contributed by atoms with Gasteiger partial charge in [0.25, 0.3) is 5.91 Å². The summed E-state index contributed by atoms with van der Waals surface area (Å²) >= 11 is 0. The molecule has 0 aliphatic carbocycles. The third kappa shape index (κ3) is 3.49. The number of aryl methyl sites for hydroxylation is 1. The van der Waals surface area contributed by atoms with Crippen LogP contribution in [-0.4, -0.2) is 41.9 Å². The maximum absolute atomic E-state index is 12.7. The molecule has 23 heavy (non-hydrogen) atoms. The molecule has 0 saturated heterocycles. The average molecular weight is 318 g/mol. The Morgan fingerprint density at radius 1 is 1.26 bits per heavy atom. The molecule has 126 valence electrons. The van der Waals surface area contributed by atoms with Crippen molar-refractivity contribution in [2.75, 3.05) is 24.5 Å². The zero-order valence-corrected chi connectivity index (χ0v) is 14.7. The van der Waals surface area contributed by atoms with Crippen LogP contribution in [0.15, 0.2) is 18.2 Å². The van der Waals surface area contributed by atoms with Crippen molar-refractivity contribution in [3.63, 3.8) is 0 Å². The van der Waals surface area contributed by atoms with Gasteiger partial charge in [0, 0.05) is 26.1 Å². The highest BCUT2D eigenvalue weighted by molar-refractivity contribution is 6.02. The van der Waals surface area contributed by atoms with Gasteiger partial charge in [-0.3, -0.25) is 9.59 Å². The Morgan fingerprint density at radius 3 is 2.52 bits per heavy atom. The highest BCUT2D eigenvalue weighted by Gasteiger charge is 2.40. The first kappa shape index (κ1) is 17.3. The molecule has 0 radical (unpaired) electrons. The number of carbonyl (C=O) groups is 2. The lowest BCUT2D eigenvalue weighted by molar-refractivity contribution is -0.133. The number of amides is 2. The van der Waals surface area contributed by atoms with Gasteiger partial charge in [-0.05, 0) is 52.3 Å². The van der Waals surface area contributed by atoms with E-state index in [1.54, 1.807) is 23.6 Å². The lowest BCUT2D eigenvalue weighted by atomic mass is 10.0. The van der Waals surface area contributed by atoms with Crippen LogP contribution in [0.1, 0.15) is 39.7 Å². The molecular weight excluding hydrogens is 292 g/mol. The standard InChI is InChI=1S/C18H26N2O3/c1-6-19(7-2)16(21)10-11-20-14-12-13(3)8-9-15(14)23-18(4,5)17(20)22/h8-9,12H,6-7,10-11H2,1-5H3. The molecule has 5 heteroatoms. The van der Waals surface area contributed by atoms with Gasteiger partial charge < -0.3 is 14.5 Å². The first-order valence-electron chi connectivity index (χ1n) is 8.19. The summed E-state index contributed by atoms with van der Waals surface area (Å²) in [6, 6.07) is 5.78. The predicted molar refractivity (Wildman–Crippen MR) is 90.8 cm³/mol. The third-order valence-electron chi connectivity index (χ3n) is 4.20. The summed E-state index contributed by atoms with van der Waals surface area (Å²) in [6.45, 7) is 11.2. The van der Waals surface area contributed by atoms with Crippen molar-refractivity contribution < 1.29 is 14.3 Å². The van der Waals surface area contributed by atoms with Crippen LogP contribution in [0.4, 0.5) is 5.69 Å². The minimum absolute atomic E-state index is 0.0706. The molecule has 5 nitrogen and oxygen atoms in total. The molecule has 0 aromatic heterocycles. The van der Waals surface area contributed by atoms with Gasteiger partial charge in [0.05, 0.1) is 5.69 Å². The summed E-state index contributed by atoms with van der Waals surface area (Å²) < 4.78 is 5.83. The van der Waals surface area contributed by atoms with Crippen LogP contribution in [0.5, 0.6) is 5.75 Å². The van der Waals surface area contributed by atoms with Gasteiger partial charge in [-0.15, -0.1) is 0 Å². The van der Waals surface area contributed by atoms with E-state index in [1.807, 2.05) is 39.0 Å². The molecule has 0 atom stereocenters. The zero-order chi connectivity index (χ0) is 17.2. The molecule has 1 aromatic carbocycles. The number of hydrogen-bond acceptors (Lipinski definition) is 3. The van der Waals surface area contributed by atoms with Gasteiger partial charge in [-0.2, -0.15) is 0 Å². The number of ether oxygens (including phenoxy) is 1. The van der Waals surface area contributed by atoms with Crippen molar-refractivity contribution in [1.29, 1.82) is 0 Å². The molecule has 1 aliphatic rings. The number of fused-ring (bicyclic) bond motifs is 1. The van der Waals surface area contributed by atoms with Gasteiger partial charge in [-0.1, -0.05) is 6.07 Å². The summed E-state index contributed by atoms with van der Waals surface area (Å²) in [7, 11) is 0. The average Bonchev–Trinajstić information content (AvgIpc) is 2.49. The summed E-state index contributed by atoms with van der Waals surface area (Å²) in [6.07, 6.45) is 0.316. The molecule has 1 aliphatic heterocycles. The molecular formula is C18H26N2O3. The molecule has 0 unspecified atom stereocenters. The highest BCUT2D eigenvalue weighted by atomic mass is 16.5. The van der Waals surface area contributed by atoms with E-state index >= 15 is 0 Å². The largest absolute Gasteiger partial charge is 0.476 e. The fraction of sp³-hybridized carbons (Fsp3) is 0.556. The zero-order valence-electron chi connectivity index (χ0n) is 14.7. The van der Waals surface area contributed by atoms with Gasteiger partial charge >= 0.3 is 0 Å². The van der Waals surface area contributed by atoms with Crippen LogP contribution in [-0.2, 0) is 9.59 Å². The van der Waals surface area contributed by atoms with Crippen LogP contribution in [0, 0.1) is 6.92 Å². The molecule has 0 N–H and O–H groups in total. The quantitative estimate of drug-likeness (QED) is 0.839. The molecule has 0 fully saturated rings. The molecule has 2 rings (SSSR count). The number of carbonyl (C=O) groups excluding carboxylic acids is 2. The minimum Gasteiger partial charge on any atom is -0.476 e. The van der Waals surface area contributed by atoms with Gasteiger partial charge in [-0.25, -0.2) is 0 Å². The second kappa shape index (κ2) is 6.60. The van der Waals surface area contributed by atoms with E-state index in [4.69, 9.17) is 4.74 Å². The molecule has 2 amide bonds. The first-order chi connectivity index (χ1) is 10.8. The highest BCUT2D eigenvalue weighted by Crippen LogP contribution is 2.38. The Labute approximate surface area is 138 Å². The fourth-order valence-electron chi connectivity index (χ4n) is 2.84. The lowest BCUT2D eigenvalue weighted by Gasteiger charge is -2.39. The van der Waals surface area contributed by atoms with Crippen LogP contribution in [0.3, 0.4) is 0 Å². The van der Waals surface area contributed by atoms with E-state index in [1.165, 1.54) is 0 Å². The SMILES string of the molecule is CCN(CC)C(=O)CCN1C(=O)C(C)(C)Oc2ccc(C)cc21. The number of rotatable bonds is 5. The van der Waals surface area contributed by atoms with Crippen molar-refractivity contribution in [3.8, 4) is 5.75 Å². The molecule has 0 spiro atoms. The van der Waals surface area contributed by atoms with Crippen molar-refractivity contribution in [2.24, 2.45) is 0 Å². The number of hydrogen-bond donors (Lipinski definition) is 0. The first-order valence-corrected chi connectivity index (χ1v) is 8.19. The molecule has 1 heterocycles. The number of benzene rings is 1. The van der Waals surface area contributed by atoms with Crippen LogP contribution in [0.25, 0.3) is 0 Å². The maximum Gasteiger partial charge on any atom is 0.270 e. The Kier molecular flexibility index (Phi) is 4.97. The minimum atomic E-state index is -0.916. The number of nitrogens with zero attached hydrogens (tertiary/aromatic N) is 2. The normalized spacial score (nSPS) is 15.9. The Bertz CT molecular complexity index is 606. The van der Waals surface area contributed by atoms with Gasteiger partial charge in [0.15, 0.2) is 5.60 Å². The van der Waals surface area contributed by atoms with Crippen molar-refractivity contribution in [2.45, 2.75) is 46.6 Å². The van der Waals surface area contributed by atoms with Crippen molar-refractivity contribution in [1.82, 2.24) is 4.90 Å². The van der Waals surface area contributed by atoms with E-state index < -0.39 is 5.60 Å². The summed E-state index contributed by atoms with van der Waals surface area (Å²) in [4.78, 5) is 28.4. The Balaban J connectivity index is 2.24. The fourth-order valence-corrected chi connectivity index (χ4v) is 2.84. The van der Waals surface area contributed by atoms with E-state index in [-0.39, 0.29) is 11.8 Å². The van der Waals surface area contributed by atoms with Gasteiger partial charge in [0.1, 0.15) is 5.75 Å². The number of anilines is 1. The second-order valence-corrected chi connectivity index (χ2v) is 6.36. The summed E-state index contributed by atoms with van der Waals surface area (Å²) in [5.74, 6) is 0.653. The predicted octanol–water partition coefficient (Wildman–Crippen LogP) is 2.76. The smallest absolute Gasteiger partial charge is 0.270 e. The van der Waals surface area contributed by atoms with Crippen molar-refractivity contribution >= 4 is 17.5 Å². The van der Waals surface area contributed by atoms with Crippen LogP contribution < -0.4 is 9.64 Å². The van der Waals surface area contributed by atoms with E-state index in [0.29, 0.717) is 31.8 Å². The van der Waals surface area contributed by atoms with Crippen molar-refractivity contribution in [3.05, 3.63) is 23.8 Å². The Hall–Kier alpha value is -2.04. The van der Waals surface area contributed by atoms with Crippen LogP contribution >= 0.6 is 0 Å². The topological polar surface area (TPSA) is 49.9 Å². The van der Waals surface area contributed by atoms with E-state index in [2.05, 4.69) is 0 Å². The van der Waals surface area contributed by atoms with E-state index in [9.17, 15) is 9.59 Å². The third-order valence-corrected chi connectivity index (χ3v) is 4.20. The Morgan fingerprint density at radius 2 is 1.91 bits per heavy atom. The lowest BCUT2D eigenvalue weighted by Crippen LogP contribution is -2.53. The second-order valence-electron chi connectivity index (χ2n) is 6.36. The monoisotopic (exact) mass is 318 g/mol.